The van der Waals surface area contributed by atoms with Crippen LogP contribution in [0.25, 0.3) is 0 Å². The summed E-state index contributed by atoms with van der Waals surface area (Å²) in [7, 11) is 2.02. The first kappa shape index (κ1) is 12.0. The minimum Gasteiger partial charge on any atom is -0.472 e. The molecule has 0 unspecified atom stereocenters. The van der Waals surface area contributed by atoms with Gasteiger partial charge in [0, 0.05) is 34.9 Å². The van der Waals surface area contributed by atoms with Gasteiger partial charge >= 0.3 is 0 Å². The highest BCUT2D eigenvalue weighted by Gasteiger charge is 2.08. The van der Waals surface area contributed by atoms with Gasteiger partial charge in [-0.15, -0.1) is 0 Å². The molecule has 1 aromatic heterocycles. The van der Waals surface area contributed by atoms with Crippen molar-refractivity contribution in [3.05, 3.63) is 52.9 Å². The van der Waals surface area contributed by atoms with Crippen LogP contribution in [0.15, 0.2) is 41.2 Å². The van der Waals surface area contributed by atoms with Gasteiger partial charge < -0.3 is 10.2 Å². The molecule has 0 saturated heterocycles. The smallest absolute Gasteiger partial charge is 0.0947 e. The normalized spacial score (nSPS) is 11.0. The Morgan fingerprint density at radius 2 is 2.12 bits per heavy atom. The Hall–Kier alpha value is -1.45. The molecule has 0 fully saturated rings. The molecule has 4 heteroatoms. The van der Waals surface area contributed by atoms with E-state index in [1.807, 2.05) is 31.3 Å². The predicted molar refractivity (Wildman–Crippen MR) is 69.7 cm³/mol. The third kappa shape index (κ3) is 3.02. The van der Waals surface area contributed by atoms with Crippen molar-refractivity contribution >= 4 is 17.3 Å². The molecule has 2 rings (SSSR count). The van der Waals surface area contributed by atoms with Gasteiger partial charge in [-0.25, -0.2) is 0 Å². The van der Waals surface area contributed by atoms with Gasteiger partial charge in [-0.05, 0) is 25.2 Å². The van der Waals surface area contributed by atoms with E-state index in [1.54, 1.807) is 12.5 Å². The molecule has 3 nitrogen and oxygen atoms in total. The van der Waals surface area contributed by atoms with Gasteiger partial charge in [-0.3, -0.25) is 4.90 Å². The summed E-state index contributed by atoms with van der Waals surface area (Å²) in [6.45, 7) is 1.53. The molecule has 90 valence electrons. The molecule has 0 amide bonds. The molecule has 2 aromatic rings. The zero-order chi connectivity index (χ0) is 12.3. The molecule has 0 aliphatic rings. The van der Waals surface area contributed by atoms with E-state index in [1.165, 1.54) is 0 Å². The van der Waals surface area contributed by atoms with Crippen LogP contribution in [-0.4, -0.2) is 11.9 Å². The highest BCUT2D eigenvalue weighted by atomic mass is 35.5. The van der Waals surface area contributed by atoms with Crippen LogP contribution in [0.2, 0.25) is 5.02 Å². The van der Waals surface area contributed by atoms with Crippen molar-refractivity contribution in [2.75, 3.05) is 12.8 Å². The molecule has 0 atom stereocenters. The highest BCUT2D eigenvalue weighted by Crippen LogP contribution is 2.23. The van der Waals surface area contributed by atoms with Gasteiger partial charge in [0.25, 0.3) is 0 Å². The molecule has 0 aliphatic heterocycles. The molecule has 0 radical (unpaired) electrons. The fraction of sp³-hybridized carbons (Fsp3) is 0.231. The van der Waals surface area contributed by atoms with Gasteiger partial charge in [0.2, 0.25) is 0 Å². The SMILES string of the molecule is CN(Cc1ccoc1)Cc1c(N)cccc1Cl. The summed E-state index contributed by atoms with van der Waals surface area (Å²) in [5.74, 6) is 0. The maximum Gasteiger partial charge on any atom is 0.0947 e. The zero-order valence-corrected chi connectivity index (χ0v) is 10.4. The second-order valence-corrected chi connectivity index (χ2v) is 4.52. The molecular weight excluding hydrogens is 236 g/mol. The van der Waals surface area contributed by atoms with Crippen molar-refractivity contribution in [2.24, 2.45) is 0 Å². The third-order valence-corrected chi connectivity index (χ3v) is 2.97. The van der Waals surface area contributed by atoms with Crippen molar-refractivity contribution in [1.82, 2.24) is 4.90 Å². The second kappa shape index (κ2) is 5.25. The lowest BCUT2D eigenvalue weighted by Gasteiger charge is -2.17. The number of nitrogens with two attached hydrogens (primary N) is 1. The number of nitrogens with zero attached hydrogens (tertiary/aromatic N) is 1. The van der Waals surface area contributed by atoms with Crippen molar-refractivity contribution in [3.8, 4) is 0 Å². The molecule has 0 aliphatic carbocycles. The number of hydrogen-bond acceptors (Lipinski definition) is 3. The Morgan fingerprint density at radius 3 is 2.76 bits per heavy atom. The Balaban J connectivity index is 2.05. The summed E-state index contributed by atoms with van der Waals surface area (Å²) in [5, 5.41) is 0.712. The van der Waals surface area contributed by atoms with E-state index in [-0.39, 0.29) is 0 Å². The number of hydrogen-bond donors (Lipinski definition) is 1. The van der Waals surface area contributed by atoms with Gasteiger partial charge in [-0.1, -0.05) is 17.7 Å². The standard InChI is InChI=1S/C13H15ClN2O/c1-16(7-10-5-6-17-9-10)8-11-12(14)3-2-4-13(11)15/h2-6,9H,7-8,15H2,1H3. The summed E-state index contributed by atoms with van der Waals surface area (Å²) >= 11 is 6.13. The molecule has 0 bridgehead atoms. The van der Waals surface area contributed by atoms with Crippen LogP contribution in [0, 0.1) is 0 Å². The van der Waals surface area contributed by atoms with Crippen molar-refractivity contribution < 1.29 is 4.42 Å². The predicted octanol–water partition coefficient (Wildman–Crippen LogP) is 3.15. The van der Waals surface area contributed by atoms with Crippen LogP contribution in [0.3, 0.4) is 0 Å². The molecule has 1 aromatic carbocycles. The van der Waals surface area contributed by atoms with Crippen LogP contribution in [0.4, 0.5) is 5.69 Å². The fourth-order valence-corrected chi connectivity index (χ4v) is 2.00. The number of rotatable bonds is 4. The van der Waals surface area contributed by atoms with E-state index in [0.29, 0.717) is 5.02 Å². The molecule has 1 heterocycles. The Kier molecular flexibility index (Phi) is 3.71. The van der Waals surface area contributed by atoms with Crippen LogP contribution in [-0.2, 0) is 13.1 Å². The molecule has 0 saturated carbocycles. The second-order valence-electron chi connectivity index (χ2n) is 4.11. The van der Waals surface area contributed by atoms with Gasteiger partial charge in [0.05, 0.1) is 12.5 Å². The Bertz CT molecular complexity index is 462. The highest BCUT2D eigenvalue weighted by molar-refractivity contribution is 6.31. The molecule has 0 spiro atoms. The van der Waals surface area contributed by atoms with E-state index < -0.39 is 0 Å². The van der Waals surface area contributed by atoms with Gasteiger partial charge in [0.1, 0.15) is 0 Å². The average molecular weight is 251 g/mol. The van der Waals surface area contributed by atoms with Crippen LogP contribution >= 0.6 is 11.6 Å². The van der Waals surface area contributed by atoms with Gasteiger partial charge in [0.15, 0.2) is 0 Å². The quantitative estimate of drug-likeness (QED) is 0.848. The number of furan rings is 1. The lowest BCUT2D eigenvalue weighted by molar-refractivity contribution is 0.318. The maximum atomic E-state index is 6.13. The van der Waals surface area contributed by atoms with E-state index in [9.17, 15) is 0 Å². The topological polar surface area (TPSA) is 42.4 Å². The lowest BCUT2D eigenvalue weighted by atomic mass is 10.1. The monoisotopic (exact) mass is 250 g/mol. The van der Waals surface area contributed by atoms with E-state index in [2.05, 4.69) is 4.90 Å². The summed E-state index contributed by atoms with van der Waals surface area (Å²) < 4.78 is 5.04. The van der Waals surface area contributed by atoms with E-state index in [0.717, 1.165) is 29.9 Å². The minimum atomic E-state index is 0.712. The summed E-state index contributed by atoms with van der Waals surface area (Å²) in [5.41, 5.74) is 8.76. The third-order valence-electron chi connectivity index (χ3n) is 2.62. The average Bonchev–Trinajstić information content (AvgIpc) is 2.76. The van der Waals surface area contributed by atoms with Crippen LogP contribution in [0.1, 0.15) is 11.1 Å². The first-order chi connectivity index (χ1) is 8.16. The fourth-order valence-electron chi connectivity index (χ4n) is 1.76. The first-order valence-electron chi connectivity index (χ1n) is 5.39. The maximum absolute atomic E-state index is 6.13. The van der Waals surface area contributed by atoms with E-state index >= 15 is 0 Å². The largest absolute Gasteiger partial charge is 0.472 e. The van der Waals surface area contributed by atoms with E-state index in [4.69, 9.17) is 21.8 Å². The molecular formula is C13H15ClN2O. The number of nitrogen functional groups attached to an aromatic ring is 1. The molecule has 2 N–H and O–H groups in total. The number of anilines is 1. The van der Waals surface area contributed by atoms with Gasteiger partial charge in [-0.2, -0.15) is 0 Å². The Morgan fingerprint density at radius 1 is 1.29 bits per heavy atom. The van der Waals surface area contributed by atoms with Crippen molar-refractivity contribution in [1.29, 1.82) is 0 Å². The van der Waals surface area contributed by atoms with Crippen LogP contribution in [0.5, 0.6) is 0 Å². The Labute approximate surface area is 106 Å². The van der Waals surface area contributed by atoms with Crippen molar-refractivity contribution in [3.63, 3.8) is 0 Å². The summed E-state index contributed by atoms with van der Waals surface area (Å²) in [6.07, 6.45) is 3.42. The lowest BCUT2D eigenvalue weighted by Crippen LogP contribution is -2.18. The summed E-state index contributed by atoms with van der Waals surface area (Å²) in [6, 6.07) is 7.54. The minimum absolute atomic E-state index is 0.712. The summed E-state index contributed by atoms with van der Waals surface area (Å²) in [4.78, 5) is 2.14. The molecule has 17 heavy (non-hydrogen) atoms. The zero-order valence-electron chi connectivity index (χ0n) is 9.69. The van der Waals surface area contributed by atoms with Crippen LogP contribution < -0.4 is 5.73 Å². The first-order valence-corrected chi connectivity index (χ1v) is 5.77. The van der Waals surface area contributed by atoms with Crippen molar-refractivity contribution in [2.45, 2.75) is 13.1 Å². The number of benzene rings is 1. The number of halogens is 1.